The van der Waals surface area contributed by atoms with Crippen molar-refractivity contribution in [2.24, 2.45) is 11.8 Å². The Morgan fingerprint density at radius 2 is 1.71 bits per heavy atom. The molecule has 4 rings (SSSR count). The summed E-state index contributed by atoms with van der Waals surface area (Å²) < 4.78 is 19.5. The predicted molar refractivity (Wildman–Crippen MR) is 97.4 cm³/mol. The van der Waals surface area contributed by atoms with Crippen molar-refractivity contribution >= 4 is 23.5 Å². The summed E-state index contributed by atoms with van der Waals surface area (Å²) in [6.45, 7) is 1.58. The molecular formula is C21H20FN2O4+. The van der Waals surface area contributed by atoms with E-state index in [1.165, 1.54) is 13.2 Å². The topological polar surface area (TPSA) is 80.3 Å². The van der Waals surface area contributed by atoms with Crippen molar-refractivity contribution in [3.63, 3.8) is 0 Å². The number of halogens is 1. The van der Waals surface area contributed by atoms with Crippen LogP contribution in [0.25, 0.3) is 0 Å². The number of benzene rings is 2. The third-order valence-corrected chi connectivity index (χ3v) is 5.81. The predicted octanol–water partition coefficient (Wildman–Crippen LogP) is 1.18. The number of quaternary nitrogens is 1. The van der Waals surface area contributed by atoms with Crippen molar-refractivity contribution in [2.75, 3.05) is 12.0 Å². The van der Waals surface area contributed by atoms with E-state index in [1.54, 1.807) is 60.8 Å². The van der Waals surface area contributed by atoms with Crippen LogP contribution in [0.3, 0.4) is 0 Å². The summed E-state index contributed by atoms with van der Waals surface area (Å²) in [5, 5.41) is 1.60. The molecule has 2 fully saturated rings. The smallest absolute Gasteiger partial charge is 0.368 e. The van der Waals surface area contributed by atoms with Gasteiger partial charge in [-0.3, -0.25) is 9.59 Å². The average molecular weight is 383 g/mol. The zero-order valence-electron chi connectivity index (χ0n) is 15.5. The second kappa shape index (κ2) is 6.53. The van der Waals surface area contributed by atoms with Crippen LogP contribution in [-0.4, -0.2) is 30.4 Å². The van der Waals surface area contributed by atoms with Crippen molar-refractivity contribution in [2.45, 2.75) is 18.5 Å². The zero-order valence-corrected chi connectivity index (χ0v) is 15.5. The average Bonchev–Trinajstić information content (AvgIpc) is 3.16. The Morgan fingerprint density at radius 3 is 2.36 bits per heavy atom. The number of esters is 1. The van der Waals surface area contributed by atoms with Gasteiger partial charge in [0.05, 0.1) is 12.8 Å². The minimum Gasteiger partial charge on any atom is -0.464 e. The third-order valence-electron chi connectivity index (χ3n) is 5.81. The number of para-hydroxylation sites is 1. The van der Waals surface area contributed by atoms with Gasteiger partial charge >= 0.3 is 5.97 Å². The molecule has 4 atom stereocenters. The number of nitrogens with zero attached hydrogens (tertiary/aromatic N) is 1. The summed E-state index contributed by atoms with van der Waals surface area (Å²) >= 11 is 0. The van der Waals surface area contributed by atoms with Gasteiger partial charge < -0.3 is 10.1 Å². The van der Waals surface area contributed by atoms with Crippen LogP contribution in [-0.2, 0) is 19.1 Å². The molecule has 0 radical (unpaired) electrons. The molecule has 7 heteroatoms. The first kappa shape index (κ1) is 18.3. The largest absolute Gasteiger partial charge is 0.464 e. The molecular weight excluding hydrogens is 363 g/mol. The molecule has 0 unspecified atom stereocenters. The van der Waals surface area contributed by atoms with Crippen LogP contribution in [0.5, 0.6) is 0 Å². The van der Waals surface area contributed by atoms with E-state index < -0.39 is 47.0 Å². The highest BCUT2D eigenvalue weighted by atomic mass is 19.1. The Balaban J connectivity index is 1.85. The summed E-state index contributed by atoms with van der Waals surface area (Å²) in [6, 6.07) is 14.0. The van der Waals surface area contributed by atoms with Gasteiger partial charge in [0.2, 0.25) is 17.4 Å². The maximum absolute atomic E-state index is 14.5. The number of ether oxygens (including phenoxy) is 1. The van der Waals surface area contributed by atoms with E-state index in [9.17, 15) is 18.8 Å². The van der Waals surface area contributed by atoms with E-state index in [2.05, 4.69) is 0 Å². The summed E-state index contributed by atoms with van der Waals surface area (Å²) in [6.07, 6.45) is 0. The van der Waals surface area contributed by atoms with E-state index in [4.69, 9.17) is 4.74 Å². The van der Waals surface area contributed by atoms with Crippen LogP contribution in [0.4, 0.5) is 10.1 Å². The molecule has 0 aromatic heterocycles. The molecule has 0 bridgehead atoms. The fourth-order valence-corrected chi connectivity index (χ4v) is 4.54. The van der Waals surface area contributed by atoms with Crippen LogP contribution < -0.4 is 10.2 Å². The number of anilines is 1. The van der Waals surface area contributed by atoms with Crippen molar-refractivity contribution in [3.05, 3.63) is 66.0 Å². The first-order chi connectivity index (χ1) is 13.4. The van der Waals surface area contributed by atoms with Crippen molar-refractivity contribution in [1.29, 1.82) is 0 Å². The van der Waals surface area contributed by atoms with E-state index in [0.29, 0.717) is 11.3 Å². The maximum Gasteiger partial charge on any atom is 0.368 e. The summed E-state index contributed by atoms with van der Waals surface area (Å²) in [4.78, 5) is 40.3. The number of methoxy groups -OCH3 is 1. The van der Waals surface area contributed by atoms with Gasteiger partial charge in [0.15, 0.2) is 0 Å². The molecule has 0 spiro atoms. The lowest BCUT2D eigenvalue weighted by Crippen LogP contribution is -2.97. The lowest BCUT2D eigenvalue weighted by molar-refractivity contribution is -0.731. The number of hydrogen-bond acceptors (Lipinski definition) is 4. The Bertz CT molecular complexity index is 964. The standard InChI is InChI=1S/C21H19FN2O4/c1-21(20(27)28-2)16-15(17(23-21)13-10-6-7-11-14(13)22)18(25)24(19(16)26)12-8-4-3-5-9-12/h3-11,15-17,23H,1-2H3/p+1/t15-,16+,17-,21+/m0/s1. The molecule has 6 nitrogen and oxygen atoms in total. The normalized spacial score (nSPS) is 29.1. The maximum atomic E-state index is 14.5. The highest BCUT2D eigenvalue weighted by Crippen LogP contribution is 2.46. The first-order valence-electron chi connectivity index (χ1n) is 9.02. The fraction of sp³-hybridized carbons (Fsp3) is 0.286. The number of nitrogens with two attached hydrogens (primary N) is 1. The van der Waals surface area contributed by atoms with Crippen LogP contribution in [0.2, 0.25) is 0 Å². The quantitative estimate of drug-likeness (QED) is 0.638. The van der Waals surface area contributed by atoms with Gasteiger partial charge in [0.25, 0.3) is 0 Å². The Kier molecular flexibility index (Phi) is 4.27. The molecule has 2 aromatic carbocycles. The van der Waals surface area contributed by atoms with Gasteiger partial charge in [-0.1, -0.05) is 36.4 Å². The number of amides is 2. The number of hydrogen-bond donors (Lipinski definition) is 1. The SMILES string of the molecule is COC(=O)[C@]1(C)[NH2+][C@@H](c2ccccc2F)[C@H]2C(=O)N(c3ccccc3)C(=O)[C@@H]21. The Hall–Kier alpha value is -3.06. The minimum atomic E-state index is -1.33. The molecule has 2 aromatic rings. The van der Waals surface area contributed by atoms with Gasteiger partial charge in [-0.05, 0) is 18.2 Å². The zero-order chi connectivity index (χ0) is 20.1. The number of fused-ring (bicyclic) bond motifs is 1. The van der Waals surface area contributed by atoms with Crippen LogP contribution >= 0.6 is 0 Å². The summed E-state index contributed by atoms with van der Waals surface area (Å²) in [5.74, 6) is -3.80. The lowest BCUT2D eigenvalue weighted by atomic mass is 9.80. The van der Waals surface area contributed by atoms with Crippen LogP contribution in [0, 0.1) is 17.7 Å². The van der Waals surface area contributed by atoms with Crippen molar-refractivity contribution in [3.8, 4) is 0 Å². The third kappa shape index (κ3) is 2.46. The lowest BCUT2D eigenvalue weighted by Gasteiger charge is -2.25. The second-order valence-electron chi connectivity index (χ2n) is 7.34. The summed E-state index contributed by atoms with van der Waals surface area (Å²) in [7, 11) is 1.24. The number of carbonyl (C=O) groups is 3. The molecule has 2 N–H and O–H groups in total. The van der Waals surface area contributed by atoms with E-state index in [-0.39, 0.29) is 0 Å². The second-order valence-corrected chi connectivity index (χ2v) is 7.34. The Labute approximate surface area is 161 Å². The minimum absolute atomic E-state index is 0.293. The van der Waals surface area contributed by atoms with E-state index in [1.807, 2.05) is 0 Å². The van der Waals surface area contributed by atoms with Gasteiger partial charge in [-0.25, -0.2) is 14.1 Å². The van der Waals surface area contributed by atoms with E-state index >= 15 is 0 Å². The van der Waals surface area contributed by atoms with Gasteiger partial charge in [0, 0.05) is 12.5 Å². The fourth-order valence-electron chi connectivity index (χ4n) is 4.54. The molecule has 2 aliphatic heterocycles. The van der Waals surface area contributed by atoms with E-state index in [0.717, 1.165) is 4.90 Å². The molecule has 2 saturated heterocycles. The molecule has 2 amide bonds. The molecule has 0 aliphatic carbocycles. The Morgan fingerprint density at radius 1 is 1.07 bits per heavy atom. The number of rotatable bonds is 3. The van der Waals surface area contributed by atoms with Crippen molar-refractivity contribution < 1.29 is 28.8 Å². The molecule has 0 saturated carbocycles. The highest BCUT2D eigenvalue weighted by Gasteiger charge is 2.71. The van der Waals surface area contributed by atoms with Crippen LogP contribution in [0.15, 0.2) is 54.6 Å². The highest BCUT2D eigenvalue weighted by molar-refractivity contribution is 6.23. The number of imide groups is 1. The van der Waals surface area contributed by atoms with Crippen molar-refractivity contribution in [1.82, 2.24) is 0 Å². The van der Waals surface area contributed by atoms with Gasteiger partial charge in [-0.15, -0.1) is 0 Å². The molecule has 2 aliphatic rings. The molecule has 144 valence electrons. The summed E-state index contributed by atoms with van der Waals surface area (Å²) in [5.41, 5.74) is -0.601. The van der Waals surface area contributed by atoms with Gasteiger partial charge in [0.1, 0.15) is 23.7 Å². The molecule has 2 heterocycles. The molecule has 28 heavy (non-hydrogen) atoms. The number of carbonyl (C=O) groups excluding carboxylic acids is 3. The monoisotopic (exact) mass is 383 g/mol. The first-order valence-corrected chi connectivity index (χ1v) is 9.02. The van der Waals surface area contributed by atoms with Gasteiger partial charge in [-0.2, -0.15) is 0 Å². The van der Waals surface area contributed by atoms with Crippen LogP contribution in [0.1, 0.15) is 18.5 Å².